The van der Waals surface area contributed by atoms with Gasteiger partial charge in [0.1, 0.15) is 0 Å². The van der Waals surface area contributed by atoms with Crippen LogP contribution in [0.4, 0.5) is 0 Å². The third-order valence-corrected chi connectivity index (χ3v) is 4.10. The van der Waals surface area contributed by atoms with Crippen molar-refractivity contribution in [1.29, 1.82) is 0 Å². The van der Waals surface area contributed by atoms with Crippen LogP contribution in [0.25, 0.3) is 11.1 Å². The quantitative estimate of drug-likeness (QED) is 0.926. The van der Waals surface area contributed by atoms with Gasteiger partial charge in [-0.25, -0.2) is 4.79 Å². The Morgan fingerprint density at radius 1 is 1.40 bits per heavy atom. The van der Waals surface area contributed by atoms with E-state index in [0.717, 1.165) is 29.2 Å². The zero-order valence-electron chi connectivity index (χ0n) is 11.5. The fraction of sp³-hybridized carbons (Fsp3) is 0.375. The van der Waals surface area contributed by atoms with Crippen molar-refractivity contribution in [2.24, 2.45) is 5.92 Å². The van der Waals surface area contributed by atoms with Crippen molar-refractivity contribution in [2.75, 3.05) is 0 Å². The molecule has 3 rings (SSSR count). The third kappa shape index (κ3) is 2.46. The van der Waals surface area contributed by atoms with Gasteiger partial charge in [0.25, 0.3) is 0 Å². The Morgan fingerprint density at radius 3 is 2.85 bits per heavy atom. The monoisotopic (exact) mass is 270 g/mol. The first-order valence-electron chi connectivity index (χ1n) is 7.00. The summed E-state index contributed by atoms with van der Waals surface area (Å²) < 4.78 is 1.97. The lowest BCUT2D eigenvalue weighted by Gasteiger charge is -2.24. The molecule has 0 saturated heterocycles. The molecule has 0 radical (unpaired) electrons. The van der Waals surface area contributed by atoms with Crippen LogP contribution in [0.2, 0.25) is 0 Å². The molecule has 1 aliphatic carbocycles. The molecule has 0 unspecified atom stereocenters. The summed E-state index contributed by atoms with van der Waals surface area (Å²) in [6.07, 6.45) is 7.74. The predicted molar refractivity (Wildman–Crippen MR) is 76.7 cm³/mol. The predicted octanol–water partition coefficient (Wildman–Crippen LogP) is 3.36. The van der Waals surface area contributed by atoms with Crippen LogP contribution < -0.4 is 0 Å². The van der Waals surface area contributed by atoms with Crippen molar-refractivity contribution >= 4 is 5.97 Å². The Balaban J connectivity index is 1.85. The number of carboxylic acids is 1. The summed E-state index contributed by atoms with van der Waals surface area (Å²) in [5.41, 5.74) is 3.03. The number of carbonyl (C=O) groups is 1. The van der Waals surface area contributed by atoms with Gasteiger partial charge in [-0.1, -0.05) is 18.6 Å². The maximum atomic E-state index is 11.2. The molecule has 4 heteroatoms. The van der Waals surface area contributed by atoms with E-state index in [2.05, 4.69) is 5.10 Å². The minimum Gasteiger partial charge on any atom is -0.478 e. The van der Waals surface area contributed by atoms with Crippen molar-refractivity contribution < 1.29 is 9.90 Å². The van der Waals surface area contributed by atoms with Crippen molar-refractivity contribution in [3.05, 3.63) is 41.7 Å². The van der Waals surface area contributed by atoms with E-state index in [1.165, 1.54) is 19.3 Å². The number of aromatic carboxylic acids is 1. The highest BCUT2D eigenvalue weighted by molar-refractivity contribution is 5.91. The lowest BCUT2D eigenvalue weighted by molar-refractivity contribution is 0.0696. The Bertz CT molecular complexity index is 642. The molecule has 1 aromatic heterocycles. The van der Waals surface area contributed by atoms with Crippen molar-refractivity contribution in [3.8, 4) is 11.1 Å². The summed E-state index contributed by atoms with van der Waals surface area (Å²) in [6.45, 7) is 2.78. The molecule has 1 N–H and O–H groups in total. The second-order valence-corrected chi connectivity index (χ2v) is 5.58. The normalized spacial score (nSPS) is 15.1. The van der Waals surface area contributed by atoms with E-state index in [1.54, 1.807) is 6.07 Å². The molecule has 1 fully saturated rings. The highest BCUT2D eigenvalue weighted by Gasteiger charge is 2.18. The van der Waals surface area contributed by atoms with Gasteiger partial charge in [-0.15, -0.1) is 0 Å². The Hall–Kier alpha value is -2.10. The highest BCUT2D eigenvalue weighted by Crippen LogP contribution is 2.28. The lowest BCUT2D eigenvalue weighted by atomic mass is 9.85. The van der Waals surface area contributed by atoms with Crippen LogP contribution in [0.15, 0.2) is 30.6 Å². The van der Waals surface area contributed by atoms with E-state index in [0.29, 0.717) is 5.56 Å². The third-order valence-electron chi connectivity index (χ3n) is 4.10. The maximum Gasteiger partial charge on any atom is 0.335 e. The molecule has 4 nitrogen and oxygen atoms in total. The van der Waals surface area contributed by atoms with Gasteiger partial charge in [-0.2, -0.15) is 5.10 Å². The minimum atomic E-state index is -0.883. The van der Waals surface area contributed by atoms with Crippen LogP contribution in [0.3, 0.4) is 0 Å². The SMILES string of the molecule is Cc1ccc(-c2cnn(CC3CCC3)c2)cc1C(=O)O. The van der Waals surface area contributed by atoms with E-state index in [9.17, 15) is 9.90 Å². The first-order chi connectivity index (χ1) is 9.63. The van der Waals surface area contributed by atoms with Gasteiger partial charge in [0, 0.05) is 18.3 Å². The molecule has 0 spiro atoms. The van der Waals surface area contributed by atoms with Crippen LogP contribution >= 0.6 is 0 Å². The molecule has 0 aliphatic heterocycles. The summed E-state index contributed by atoms with van der Waals surface area (Å²) in [5, 5.41) is 13.6. The molecule has 0 bridgehead atoms. The number of aryl methyl sites for hydroxylation is 1. The highest BCUT2D eigenvalue weighted by atomic mass is 16.4. The first kappa shape index (κ1) is 12.9. The number of nitrogens with zero attached hydrogens (tertiary/aromatic N) is 2. The molecule has 1 heterocycles. The fourth-order valence-electron chi connectivity index (χ4n) is 2.58. The molecule has 0 amide bonds. The van der Waals surface area contributed by atoms with Crippen molar-refractivity contribution in [2.45, 2.75) is 32.7 Å². The summed E-state index contributed by atoms with van der Waals surface area (Å²) in [4.78, 5) is 11.2. The largest absolute Gasteiger partial charge is 0.478 e. The molecule has 20 heavy (non-hydrogen) atoms. The summed E-state index contributed by atoms with van der Waals surface area (Å²) in [5.74, 6) is -0.124. The summed E-state index contributed by atoms with van der Waals surface area (Å²) in [7, 11) is 0. The zero-order chi connectivity index (χ0) is 14.1. The average Bonchev–Trinajstić information content (AvgIpc) is 2.83. The fourth-order valence-corrected chi connectivity index (χ4v) is 2.58. The molecule has 1 aliphatic rings. The van der Waals surface area contributed by atoms with E-state index < -0.39 is 5.97 Å². The van der Waals surface area contributed by atoms with Gasteiger partial charge >= 0.3 is 5.97 Å². The molecule has 2 aromatic rings. The standard InChI is InChI=1S/C16H18N2O2/c1-11-5-6-13(7-15(11)16(19)20)14-8-17-18(10-14)9-12-3-2-4-12/h5-8,10,12H,2-4,9H2,1H3,(H,19,20). The lowest BCUT2D eigenvalue weighted by Crippen LogP contribution is -2.18. The molecular formula is C16H18N2O2. The number of benzene rings is 1. The van der Waals surface area contributed by atoms with Crippen LogP contribution in [0.1, 0.15) is 35.2 Å². The molecule has 104 valence electrons. The van der Waals surface area contributed by atoms with Gasteiger partial charge in [-0.05, 0) is 42.9 Å². The van der Waals surface area contributed by atoms with E-state index >= 15 is 0 Å². The van der Waals surface area contributed by atoms with E-state index in [1.807, 2.05) is 36.1 Å². The van der Waals surface area contributed by atoms with Crippen LogP contribution in [0.5, 0.6) is 0 Å². The molecular weight excluding hydrogens is 252 g/mol. The number of carboxylic acid groups (broad SMARTS) is 1. The maximum absolute atomic E-state index is 11.2. The Kier molecular flexibility index (Phi) is 3.30. The van der Waals surface area contributed by atoms with Crippen molar-refractivity contribution in [3.63, 3.8) is 0 Å². The Labute approximate surface area is 118 Å². The topological polar surface area (TPSA) is 55.1 Å². The number of hydrogen-bond acceptors (Lipinski definition) is 2. The minimum absolute atomic E-state index is 0.356. The molecule has 1 aromatic carbocycles. The second-order valence-electron chi connectivity index (χ2n) is 5.58. The van der Waals surface area contributed by atoms with Crippen LogP contribution in [0, 0.1) is 12.8 Å². The summed E-state index contributed by atoms with van der Waals surface area (Å²) in [6, 6.07) is 5.52. The number of aromatic nitrogens is 2. The van der Waals surface area contributed by atoms with Crippen LogP contribution in [-0.4, -0.2) is 20.9 Å². The summed E-state index contributed by atoms with van der Waals surface area (Å²) >= 11 is 0. The van der Waals surface area contributed by atoms with Crippen LogP contribution in [-0.2, 0) is 6.54 Å². The first-order valence-corrected chi connectivity index (χ1v) is 7.00. The zero-order valence-corrected chi connectivity index (χ0v) is 11.5. The second kappa shape index (κ2) is 5.12. The average molecular weight is 270 g/mol. The van der Waals surface area contributed by atoms with Crippen molar-refractivity contribution in [1.82, 2.24) is 9.78 Å². The smallest absolute Gasteiger partial charge is 0.335 e. The van der Waals surface area contributed by atoms with Gasteiger partial charge in [0.05, 0.1) is 11.8 Å². The van der Waals surface area contributed by atoms with E-state index in [-0.39, 0.29) is 0 Å². The van der Waals surface area contributed by atoms with Gasteiger partial charge < -0.3 is 5.11 Å². The Morgan fingerprint density at radius 2 is 2.20 bits per heavy atom. The molecule has 1 saturated carbocycles. The van der Waals surface area contributed by atoms with Gasteiger partial charge in [0.2, 0.25) is 0 Å². The number of rotatable bonds is 4. The van der Waals surface area contributed by atoms with Gasteiger partial charge in [-0.3, -0.25) is 4.68 Å². The number of hydrogen-bond donors (Lipinski definition) is 1. The molecule has 0 atom stereocenters. The van der Waals surface area contributed by atoms with Gasteiger partial charge in [0.15, 0.2) is 0 Å². The van der Waals surface area contributed by atoms with E-state index in [4.69, 9.17) is 0 Å².